The highest BCUT2D eigenvalue weighted by molar-refractivity contribution is 8.00. The maximum atomic E-state index is 12.7. The zero-order valence-electron chi connectivity index (χ0n) is 18.9. The van der Waals surface area contributed by atoms with Crippen molar-refractivity contribution in [1.29, 1.82) is 0 Å². The molecule has 2 atom stereocenters. The lowest BCUT2D eigenvalue weighted by atomic mass is 10.1. The van der Waals surface area contributed by atoms with E-state index >= 15 is 0 Å². The second-order valence-electron chi connectivity index (χ2n) is 7.74. The standard InChI is InChI=1S/C24H27N3O6S/c1-3-33-24(32)27-12-13-34-22(27)21(29)26-19(23(30)31)14-16-6-10-18(11-7-16)25-20(28)17-8-4-15(2)5-9-17/h4-11,19,22H,3,12-14H2,1-2H3,(H,25,28)(H,26,29)(H,30,31)/t19-,22?/m0/s1. The molecule has 3 amide bonds. The van der Waals surface area contributed by atoms with E-state index in [0.29, 0.717) is 29.1 Å². The largest absolute Gasteiger partial charge is 0.480 e. The molecule has 2 aromatic rings. The number of nitrogens with zero attached hydrogens (tertiary/aromatic N) is 1. The number of carbonyl (C=O) groups is 4. The second-order valence-corrected chi connectivity index (χ2v) is 8.92. The molecule has 1 heterocycles. The average molecular weight is 486 g/mol. The van der Waals surface area contributed by atoms with Gasteiger partial charge < -0.3 is 20.5 Å². The molecular weight excluding hydrogens is 458 g/mol. The first kappa shape index (κ1) is 25.1. The number of carboxylic acid groups (broad SMARTS) is 1. The van der Waals surface area contributed by atoms with Crippen molar-refractivity contribution < 1.29 is 29.0 Å². The molecule has 1 fully saturated rings. The van der Waals surface area contributed by atoms with Crippen molar-refractivity contribution >= 4 is 41.3 Å². The highest BCUT2D eigenvalue weighted by Gasteiger charge is 2.37. The SMILES string of the molecule is CCOC(=O)N1CCSC1C(=O)N[C@@H](Cc1ccc(NC(=O)c2ccc(C)cc2)cc1)C(=O)O. The summed E-state index contributed by atoms with van der Waals surface area (Å²) in [5.41, 5.74) is 2.83. The molecule has 2 aromatic carbocycles. The van der Waals surface area contributed by atoms with Gasteiger partial charge in [-0.15, -0.1) is 11.8 Å². The molecular formula is C24H27N3O6S. The lowest BCUT2D eigenvalue weighted by Gasteiger charge is -2.24. The van der Waals surface area contributed by atoms with Crippen LogP contribution in [0.15, 0.2) is 48.5 Å². The lowest BCUT2D eigenvalue weighted by molar-refractivity contribution is -0.142. The van der Waals surface area contributed by atoms with Crippen LogP contribution in [0.5, 0.6) is 0 Å². The van der Waals surface area contributed by atoms with Gasteiger partial charge in [-0.1, -0.05) is 29.8 Å². The molecule has 1 saturated heterocycles. The average Bonchev–Trinajstić information content (AvgIpc) is 3.30. The number of hydrogen-bond acceptors (Lipinski definition) is 6. The third-order valence-electron chi connectivity index (χ3n) is 5.20. The summed E-state index contributed by atoms with van der Waals surface area (Å²) < 4.78 is 4.97. The van der Waals surface area contributed by atoms with Crippen LogP contribution in [0.4, 0.5) is 10.5 Å². The molecule has 3 rings (SSSR count). The molecule has 0 aliphatic carbocycles. The zero-order chi connectivity index (χ0) is 24.7. The molecule has 10 heteroatoms. The monoisotopic (exact) mass is 485 g/mol. The summed E-state index contributed by atoms with van der Waals surface area (Å²) in [6.45, 7) is 4.16. The van der Waals surface area contributed by atoms with Gasteiger partial charge in [-0.05, 0) is 43.7 Å². The Balaban J connectivity index is 1.60. The van der Waals surface area contributed by atoms with Gasteiger partial charge in [0, 0.05) is 30.0 Å². The number of hydrogen-bond donors (Lipinski definition) is 3. The molecule has 3 N–H and O–H groups in total. The van der Waals surface area contributed by atoms with E-state index in [0.717, 1.165) is 5.56 Å². The van der Waals surface area contributed by atoms with Gasteiger partial charge in [0.2, 0.25) is 0 Å². The molecule has 0 bridgehead atoms. The van der Waals surface area contributed by atoms with Crippen molar-refractivity contribution in [2.45, 2.75) is 31.7 Å². The van der Waals surface area contributed by atoms with Crippen molar-refractivity contribution in [2.75, 3.05) is 24.2 Å². The van der Waals surface area contributed by atoms with Crippen LogP contribution in [0.2, 0.25) is 0 Å². The smallest absolute Gasteiger partial charge is 0.411 e. The van der Waals surface area contributed by atoms with E-state index in [2.05, 4.69) is 10.6 Å². The molecule has 0 radical (unpaired) electrons. The fourth-order valence-electron chi connectivity index (χ4n) is 3.39. The molecule has 0 aromatic heterocycles. The van der Waals surface area contributed by atoms with Crippen molar-refractivity contribution in [3.63, 3.8) is 0 Å². The maximum absolute atomic E-state index is 12.7. The van der Waals surface area contributed by atoms with Gasteiger partial charge in [0.05, 0.1) is 6.61 Å². The van der Waals surface area contributed by atoms with Gasteiger partial charge in [0.15, 0.2) is 5.37 Å². The summed E-state index contributed by atoms with van der Waals surface area (Å²) >= 11 is 1.26. The van der Waals surface area contributed by atoms with Gasteiger partial charge >= 0.3 is 12.1 Å². The van der Waals surface area contributed by atoms with Crippen LogP contribution in [-0.4, -0.2) is 64.2 Å². The highest BCUT2D eigenvalue weighted by Crippen LogP contribution is 2.25. The molecule has 1 unspecified atom stereocenters. The number of amides is 3. The third-order valence-corrected chi connectivity index (χ3v) is 6.40. The van der Waals surface area contributed by atoms with Gasteiger partial charge in [0.25, 0.3) is 11.8 Å². The Bertz CT molecular complexity index is 1040. The summed E-state index contributed by atoms with van der Waals surface area (Å²) in [4.78, 5) is 50.2. The van der Waals surface area contributed by atoms with E-state index in [1.807, 2.05) is 19.1 Å². The molecule has 1 aliphatic heterocycles. The first-order chi connectivity index (χ1) is 16.3. The number of aryl methyl sites for hydroxylation is 1. The van der Waals surface area contributed by atoms with Gasteiger partial charge in [-0.25, -0.2) is 9.59 Å². The Morgan fingerprint density at radius 3 is 2.41 bits per heavy atom. The Labute approximate surface area is 201 Å². The number of anilines is 1. The zero-order valence-corrected chi connectivity index (χ0v) is 19.8. The predicted octanol–water partition coefficient (Wildman–Crippen LogP) is 2.89. The topological polar surface area (TPSA) is 125 Å². The molecule has 0 saturated carbocycles. The predicted molar refractivity (Wildman–Crippen MR) is 129 cm³/mol. The molecule has 0 spiro atoms. The van der Waals surface area contributed by atoms with Crippen LogP contribution < -0.4 is 10.6 Å². The van der Waals surface area contributed by atoms with Crippen molar-refractivity contribution in [3.05, 3.63) is 65.2 Å². The number of aliphatic carboxylic acids is 1. The molecule has 1 aliphatic rings. The summed E-state index contributed by atoms with van der Waals surface area (Å²) in [6.07, 6.45) is -0.549. The third kappa shape index (κ3) is 6.50. The normalized spacial score (nSPS) is 15.9. The molecule has 34 heavy (non-hydrogen) atoms. The highest BCUT2D eigenvalue weighted by atomic mass is 32.2. The fourth-order valence-corrected chi connectivity index (χ4v) is 4.51. The van der Waals surface area contributed by atoms with Crippen molar-refractivity contribution in [1.82, 2.24) is 10.2 Å². The number of nitrogens with one attached hydrogen (secondary N) is 2. The quantitative estimate of drug-likeness (QED) is 0.525. The van der Waals surface area contributed by atoms with E-state index in [9.17, 15) is 24.3 Å². The van der Waals surface area contributed by atoms with Crippen LogP contribution in [0.1, 0.15) is 28.4 Å². The number of rotatable bonds is 8. The Morgan fingerprint density at radius 1 is 1.12 bits per heavy atom. The number of carbonyl (C=O) groups excluding carboxylic acids is 3. The van der Waals surface area contributed by atoms with Crippen LogP contribution in [0.25, 0.3) is 0 Å². The van der Waals surface area contributed by atoms with Crippen LogP contribution in [0, 0.1) is 6.92 Å². The summed E-state index contributed by atoms with van der Waals surface area (Å²) in [6, 6.07) is 12.8. The first-order valence-electron chi connectivity index (χ1n) is 10.8. The minimum absolute atomic E-state index is 0.0457. The minimum atomic E-state index is -1.18. The Hall–Kier alpha value is -3.53. The number of ether oxygens (including phenoxy) is 1. The van der Waals surface area contributed by atoms with E-state index in [-0.39, 0.29) is 18.9 Å². The lowest BCUT2D eigenvalue weighted by Crippen LogP contribution is -2.50. The molecule has 9 nitrogen and oxygen atoms in total. The maximum Gasteiger partial charge on any atom is 0.411 e. The molecule has 180 valence electrons. The van der Waals surface area contributed by atoms with E-state index in [1.165, 1.54) is 16.7 Å². The van der Waals surface area contributed by atoms with Crippen LogP contribution in [0.3, 0.4) is 0 Å². The van der Waals surface area contributed by atoms with Crippen molar-refractivity contribution in [3.8, 4) is 0 Å². The van der Waals surface area contributed by atoms with Crippen molar-refractivity contribution in [2.24, 2.45) is 0 Å². The van der Waals surface area contributed by atoms with E-state index < -0.39 is 29.4 Å². The fraction of sp³-hybridized carbons (Fsp3) is 0.333. The van der Waals surface area contributed by atoms with Gasteiger partial charge in [-0.2, -0.15) is 0 Å². The summed E-state index contributed by atoms with van der Waals surface area (Å²) in [5.74, 6) is -1.42. The van der Waals surface area contributed by atoms with E-state index in [1.54, 1.807) is 43.3 Å². The number of thioether (sulfide) groups is 1. The minimum Gasteiger partial charge on any atom is -0.480 e. The van der Waals surface area contributed by atoms with Gasteiger partial charge in [-0.3, -0.25) is 14.5 Å². The van der Waals surface area contributed by atoms with E-state index in [4.69, 9.17) is 4.74 Å². The Kier molecular flexibility index (Phi) is 8.53. The summed E-state index contributed by atoms with van der Waals surface area (Å²) in [5, 5.41) is 14.1. The summed E-state index contributed by atoms with van der Waals surface area (Å²) in [7, 11) is 0. The van der Waals surface area contributed by atoms with Crippen LogP contribution >= 0.6 is 11.8 Å². The first-order valence-corrected chi connectivity index (χ1v) is 11.9. The second kappa shape index (κ2) is 11.6. The van der Waals surface area contributed by atoms with Gasteiger partial charge in [0.1, 0.15) is 6.04 Å². The number of carboxylic acids is 1. The van der Waals surface area contributed by atoms with Crippen LogP contribution in [-0.2, 0) is 20.7 Å². The number of benzene rings is 2. The Morgan fingerprint density at radius 2 is 1.79 bits per heavy atom.